The normalized spacial score (nSPS) is 11.1. The molecule has 2 nitrogen and oxygen atoms in total. The van der Waals surface area contributed by atoms with E-state index in [9.17, 15) is 0 Å². The predicted octanol–water partition coefficient (Wildman–Crippen LogP) is 1.24. The molecule has 0 unspecified atom stereocenters. The van der Waals surface area contributed by atoms with Crippen LogP contribution >= 0.6 is 0 Å². The molecule has 0 aliphatic rings. The van der Waals surface area contributed by atoms with Gasteiger partial charge in [-0.3, -0.25) is 4.98 Å². The Balaban J connectivity index is 2.65. The van der Waals surface area contributed by atoms with Crippen LogP contribution in [-0.2, 0) is 0 Å². The molecule has 0 amide bonds. The van der Waals surface area contributed by atoms with Crippen molar-refractivity contribution < 1.29 is 4.42 Å². The maximum absolute atomic E-state index is 5.69. The van der Waals surface area contributed by atoms with E-state index in [-0.39, 0.29) is 0 Å². The van der Waals surface area contributed by atoms with Gasteiger partial charge < -0.3 is 4.42 Å². The van der Waals surface area contributed by atoms with Gasteiger partial charge in [0.15, 0.2) is 7.85 Å². The molecule has 3 heteroatoms. The molecular weight excluding hydrogens is 173 g/mol. The number of rotatable bonds is 0. The van der Waals surface area contributed by atoms with Gasteiger partial charge in [0, 0.05) is 22.6 Å². The Morgan fingerprint density at radius 3 is 2.86 bits per heavy atom. The van der Waals surface area contributed by atoms with Crippen molar-refractivity contribution in [3.63, 3.8) is 0 Å². The van der Waals surface area contributed by atoms with E-state index in [0.29, 0.717) is 0 Å². The van der Waals surface area contributed by atoms with Gasteiger partial charge in [-0.2, -0.15) is 0 Å². The topological polar surface area (TPSA) is 26.0 Å². The highest BCUT2D eigenvalue weighted by atomic mass is 16.3. The standard InChI is InChI=1S/C11H8BNO/c12-11-10-7-3-1-2-4-8(7)14-9(10)5-6-13-11/h1-6H,12H2. The van der Waals surface area contributed by atoms with E-state index in [0.717, 1.165) is 27.5 Å². The maximum Gasteiger partial charge on any atom is 0.164 e. The molecule has 0 fully saturated rings. The van der Waals surface area contributed by atoms with E-state index in [1.54, 1.807) is 6.20 Å². The number of nitrogens with zero attached hydrogens (tertiary/aromatic N) is 1. The summed E-state index contributed by atoms with van der Waals surface area (Å²) < 4.78 is 5.69. The Bertz CT molecular complexity index is 615. The minimum atomic E-state index is 0.915. The molecule has 0 saturated heterocycles. The van der Waals surface area contributed by atoms with Gasteiger partial charge in [-0.1, -0.05) is 18.2 Å². The molecule has 0 spiro atoms. The summed E-state index contributed by atoms with van der Waals surface area (Å²) in [6.07, 6.45) is 1.78. The molecule has 0 bridgehead atoms. The molecule has 0 N–H and O–H groups in total. The molecule has 14 heavy (non-hydrogen) atoms. The average Bonchev–Trinajstić information content (AvgIpc) is 2.57. The summed E-state index contributed by atoms with van der Waals surface area (Å²) in [4.78, 5) is 4.27. The van der Waals surface area contributed by atoms with Crippen LogP contribution in [0, 0.1) is 0 Å². The number of hydrogen-bond donors (Lipinski definition) is 0. The van der Waals surface area contributed by atoms with Gasteiger partial charge in [-0.15, -0.1) is 0 Å². The van der Waals surface area contributed by atoms with Crippen molar-refractivity contribution >= 4 is 35.4 Å². The molecule has 2 heterocycles. The molecule has 0 atom stereocenters. The highest BCUT2D eigenvalue weighted by molar-refractivity contribution is 6.39. The minimum Gasteiger partial charge on any atom is -0.456 e. The first-order chi connectivity index (χ1) is 6.86. The lowest BCUT2D eigenvalue weighted by molar-refractivity contribution is 0.668. The van der Waals surface area contributed by atoms with Gasteiger partial charge in [-0.05, 0) is 12.1 Å². The molecule has 66 valence electrons. The van der Waals surface area contributed by atoms with E-state index in [1.807, 2.05) is 32.1 Å². The molecule has 0 saturated carbocycles. The zero-order chi connectivity index (χ0) is 9.54. The van der Waals surface area contributed by atoms with Crippen molar-refractivity contribution in [2.45, 2.75) is 0 Å². The lowest BCUT2D eigenvalue weighted by atomic mass is 9.98. The van der Waals surface area contributed by atoms with Crippen LogP contribution in [0.1, 0.15) is 0 Å². The van der Waals surface area contributed by atoms with Crippen LogP contribution in [0.4, 0.5) is 0 Å². The monoisotopic (exact) mass is 181 g/mol. The van der Waals surface area contributed by atoms with Crippen molar-refractivity contribution in [1.82, 2.24) is 4.98 Å². The van der Waals surface area contributed by atoms with Crippen LogP contribution in [0.5, 0.6) is 0 Å². The van der Waals surface area contributed by atoms with Crippen LogP contribution in [-0.4, -0.2) is 12.8 Å². The molecule has 2 aromatic heterocycles. The molecular formula is C11H8BNO. The van der Waals surface area contributed by atoms with E-state index >= 15 is 0 Å². The van der Waals surface area contributed by atoms with E-state index in [1.165, 1.54) is 0 Å². The van der Waals surface area contributed by atoms with Crippen molar-refractivity contribution in [2.24, 2.45) is 0 Å². The van der Waals surface area contributed by atoms with Crippen LogP contribution in [0.15, 0.2) is 40.9 Å². The molecule has 0 aliphatic carbocycles. The number of pyridine rings is 1. The molecule has 0 aliphatic heterocycles. The van der Waals surface area contributed by atoms with Crippen LogP contribution in [0.25, 0.3) is 21.9 Å². The quantitative estimate of drug-likeness (QED) is 0.487. The Kier molecular flexibility index (Phi) is 1.42. The summed E-state index contributed by atoms with van der Waals surface area (Å²) in [5.74, 6) is 0. The van der Waals surface area contributed by atoms with Gasteiger partial charge >= 0.3 is 0 Å². The number of para-hydroxylation sites is 1. The first-order valence-corrected chi connectivity index (χ1v) is 4.59. The fraction of sp³-hybridized carbons (Fsp3) is 0. The third-order valence-corrected chi connectivity index (χ3v) is 2.48. The maximum atomic E-state index is 5.69. The van der Waals surface area contributed by atoms with Gasteiger partial charge in [0.25, 0.3) is 0 Å². The Hall–Kier alpha value is -1.77. The van der Waals surface area contributed by atoms with E-state index < -0.39 is 0 Å². The molecule has 3 aromatic rings. The fourth-order valence-electron chi connectivity index (χ4n) is 1.84. The van der Waals surface area contributed by atoms with E-state index in [2.05, 4.69) is 11.1 Å². The molecule has 1 aromatic carbocycles. The van der Waals surface area contributed by atoms with Crippen molar-refractivity contribution in [3.8, 4) is 0 Å². The van der Waals surface area contributed by atoms with Crippen molar-refractivity contribution in [2.75, 3.05) is 0 Å². The van der Waals surface area contributed by atoms with Crippen LogP contribution in [0.3, 0.4) is 0 Å². The molecule has 0 radical (unpaired) electrons. The van der Waals surface area contributed by atoms with Gasteiger partial charge in [0.05, 0.1) is 0 Å². The number of hydrogen-bond acceptors (Lipinski definition) is 2. The SMILES string of the molecule is Bc1nccc2oc3ccccc3c12. The summed E-state index contributed by atoms with van der Waals surface area (Å²) in [5.41, 5.74) is 2.87. The number of benzene rings is 1. The number of furan rings is 1. The number of fused-ring (bicyclic) bond motifs is 3. The van der Waals surface area contributed by atoms with Gasteiger partial charge in [0.1, 0.15) is 11.2 Å². The van der Waals surface area contributed by atoms with Crippen LogP contribution in [0.2, 0.25) is 0 Å². The highest BCUT2D eigenvalue weighted by Crippen LogP contribution is 2.25. The van der Waals surface area contributed by atoms with Gasteiger partial charge in [0.2, 0.25) is 0 Å². The smallest absolute Gasteiger partial charge is 0.164 e. The van der Waals surface area contributed by atoms with Crippen molar-refractivity contribution in [3.05, 3.63) is 36.5 Å². The lowest BCUT2D eigenvalue weighted by Gasteiger charge is -1.92. The summed E-state index contributed by atoms with van der Waals surface area (Å²) in [6.45, 7) is 0. The zero-order valence-electron chi connectivity index (χ0n) is 7.82. The first-order valence-electron chi connectivity index (χ1n) is 4.59. The van der Waals surface area contributed by atoms with Crippen molar-refractivity contribution in [1.29, 1.82) is 0 Å². The molecule has 3 rings (SSSR count). The number of aromatic nitrogens is 1. The summed E-state index contributed by atoms with van der Waals surface area (Å²) >= 11 is 0. The Morgan fingerprint density at radius 2 is 1.93 bits per heavy atom. The lowest BCUT2D eigenvalue weighted by Crippen LogP contribution is -2.07. The second-order valence-electron chi connectivity index (χ2n) is 3.37. The second kappa shape index (κ2) is 2.61. The largest absolute Gasteiger partial charge is 0.456 e. The third kappa shape index (κ3) is 0.895. The van der Waals surface area contributed by atoms with Gasteiger partial charge in [-0.25, -0.2) is 0 Å². The first kappa shape index (κ1) is 7.62. The summed E-state index contributed by atoms with van der Waals surface area (Å²) in [5, 5.41) is 2.27. The Labute approximate surface area is 82.0 Å². The average molecular weight is 181 g/mol. The van der Waals surface area contributed by atoms with Crippen LogP contribution < -0.4 is 5.59 Å². The second-order valence-corrected chi connectivity index (χ2v) is 3.37. The fourth-order valence-corrected chi connectivity index (χ4v) is 1.84. The summed E-state index contributed by atoms with van der Waals surface area (Å²) in [6, 6.07) is 9.95. The Morgan fingerprint density at radius 1 is 1.07 bits per heavy atom. The minimum absolute atomic E-state index is 0.915. The predicted molar refractivity (Wildman–Crippen MR) is 59.7 cm³/mol. The third-order valence-electron chi connectivity index (χ3n) is 2.48. The summed E-state index contributed by atoms with van der Waals surface area (Å²) in [7, 11) is 2.00. The zero-order valence-corrected chi connectivity index (χ0v) is 7.82. The van der Waals surface area contributed by atoms with E-state index in [4.69, 9.17) is 4.42 Å². The highest BCUT2D eigenvalue weighted by Gasteiger charge is 2.07.